The summed E-state index contributed by atoms with van der Waals surface area (Å²) in [4.78, 5) is 18.3. The maximum atomic E-state index is 12.9. The lowest BCUT2D eigenvalue weighted by Gasteiger charge is -2.27. The summed E-state index contributed by atoms with van der Waals surface area (Å²) in [5, 5.41) is 1.24. The number of aryl methyl sites for hydroxylation is 1. The van der Waals surface area contributed by atoms with E-state index in [0.717, 1.165) is 11.9 Å². The van der Waals surface area contributed by atoms with Crippen LogP contribution in [0.15, 0.2) is 48.5 Å². The molecule has 5 heteroatoms. The first-order valence-corrected chi connectivity index (χ1v) is 9.40. The standard InChI is InChI=1S/C23H24N2O3/c1-15-22(18-6-4-5-7-19(18)24-15)16-10-12-25(13-11-16)23(26)17-8-9-20(27-2)21(14-17)28-3/h4-10,14,24H,11-13H2,1-3H3. The fraction of sp³-hybridized carbons (Fsp3) is 0.261. The van der Waals surface area contributed by atoms with E-state index in [-0.39, 0.29) is 5.91 Å². The van der Waals surface area contributed by atoms with Crippen molar-refractivity contribution in [2.45, 2.75) is 13.3 Å². The van der Waals surface area contributed by atoms with Crippen LogP contribution in [0.5, 0.6) is 11.5 Å². The maximum Gasteiger partial charge on any atom is 0.254 e. The van der Waals surface area contributed by atoms with Crippen molar-refractivity contribution in [2.75, 3.05) is 27.3 Å². The Hall–Kier alpha value is -3.21. The summed E-state index contributed by atoms with van der Waals surface area (Å²) < 4.78 is 10.6. The lowest BCUT2D eigenvalue weighted by molar-refractivity contribution is 0.0772. The van der Waals surface area contributed by atoms with Gasteiger partial charge in [-0.1, -0.05) is 24.3 Å². The second-order valence-electron chi connectivity index (χ2n) is 6.97. The van der Waals surface area contributed by atoms with Crippen molar-refractivity contribution >= 4 is 22.4 Å². The lowest BCUT2D eigenvalue weighted by atomic mass is 9.96. The fourth-order valence-electron chi connectivity index (χ4n) is 3.92. The summed E-state index contributed by atoms with van der Waals surface area (Å²) in [6, 6.07) is 13.7. The highest BCUT2D eigenvalue weighted by Gasteiger charge is 2.22. The average Bonchev–Trinajstić information content (AvgIpc) is 3.08. The van der Waals surface area contributed by atoms with Gasteiger partial charge in [0.05, 0.1) is 14.2 Å². The fourth-order valence-corrected chi connectivity index (χ4v) is 3.92. The average molecular weight is 376 g/mol. The summed E-state index contributed by atoms with van der Waals surface area (Å²) in [6.45, 7) is 3.40. The number of rotatable bonds is 4. The first kappa shape index (κ1) is 18.2. The van der Waals surface area contributed by atoms with Gasteiger partial charge in [-0.05, 0) is 43.2 Å². The Labute approximate surface area is 164 Å². The lowest BCUT2D eigenvalue weighted by Crippen LogP contribution is -2.34. The van der Waals surface area contributed by atoms with Gasteiger partial charge in [0.15, 0.2) is 11.5 Å². The summed E-state index contributed by atoms with van der Waals surface area (Å²) in [7, 11) is 3.16. The molecule has 144 valence electrons. The van der Waals surface area contributed by atoms with Crippen LogP contribution < -0.4 is 9.47 Å². The van der Waals surface area contributed by atoms with Crippen molar-refractivity contribution in [2.24, 2.45) is 0 Å². The molecule has 0 radical (unpaired) electrons. The summed E-state index contributed by atoms with van der Waals surface area (Å²) in [6.07, 6.45) is 3.01. The number of nitrogens with zero attached hydrogens (tertiary/aromatic N) is 1. The van der Waals surface area contributed by atoms with Crippen LogP contribution in [0.1, 0.15) is 28.0 Å². The predicted molar refractivity (Wildman–Crippen MR) is 111 cm³/mol. The third-order valence-electron chi connectivity index (χ3n) is 5.34. The SMILES string of the molecule is COc1ccc(C(=O)N2CC=C(c3c(C)[nH]c4ccccc34)CC2)cc1OC. The highest BCUT2D eigenvalue weighted by molar-refractivity contribution is 5.97. The number of aromatic amines is 1. The van der Waals surface area contributed by atoms with Gasteiger partial charge in [0, 0.05) is 40.8 Å². The van der Waals surface area contributed by atoms with Gasteiger partial charge >= 0.3 is 0 Å². The Morgan fingerprint density at radius 1 is 1.07 bits per heavy atom. The normalized spacial score (nSPS) is 14.1. The largest absolute Gasteiger partial charge is 0.493 e. The van der Waals surface area contributed by atoms with Gasteiger partial charge in [0.25, 0.3) is 5.91 Å². The van der Waals surface area contributed by atoms with Crippen LogP contribution in [0, 0.1) is 6.92 Å². The Morgan fingerprint density at radius 2 is 1.86 bits per heavy atom. The van der Waals surface area contributed by atoms with E-state index in [9.17, 15) is 4.79 Å². The smallest absolute Gasteiger partial charge is 0.254 e. The number of fused-ring (bicyclic) bond motifs is 1. The molecule has 0 bridgehead atoms. The van der Waals surface area contributed by atoms with Crippen LogP contribution in [0.4, 0.5) is 0 Å². The summed E-state index contributed by atoms with van der Waals surface area (Å²) >= 11 is 0. The molecule has 1 amide bonds. The third kappa shape index (κ3) is 3.13. The topological polar surface area (TPSA) is 54.6 Å². The first-order valence-electron chi connectivity index (χ1n) is 9.40. The van der Waals surface area contributed by atoms with Gasteiger partial charge in [-0.3, -0.25) is 4.79 Å². The number of nitrogens with one attached hydrogen (secondary N) is 1. The molecule has 1 aliphatic heterocycles. The van der Waals surface area contributed by atoms with E-state index in [2.05, 4.69) is 36.2 Å². The number of ether oxygens (including phenoxy) is 2. The van der Waals surface area contributed by atoms with Gasteiger partial charge in [0.1, 0.15) is 0 Å². The second kappa shape index (κ2) is 7.43. The molecule has 5 nitrogen and oxygen atoms in total. The first-order chi connectivity index (χ1) is 13.6. The van der Waals surface area contributed by atoms with E-state index in [4.69, 9.17) is 9.47 Å². The third-order valence-corrected chi connectivity index (χ3v) is 5.34. The number of para-hydroxylation sites is 1. The molecule has 3 aromatic rings. The molecular weight excluding hydrogens is 352 g/mol. The van der Waals surface area contributed by atoms with E-state index in [0.29, 0.717) is 30.2 Å². The van der Waals surface area contributed by atoms with Crippen molar-refractivity contribution in [3.8, 4) is 11.5 Å². The van der Waals surface area contributed by atoms with E-state index in [1.165, 1.54) is 22.2 Å². The zero-order valence-corrected chi connectivity index (χ0v) is 16.4. The Bertz CT molecular complexity index is 1060. The molecule has 2 heterocycles. The monoisotopic (exact) mass is 376 g/mol. The number of H-pyrrole nitrogens is 1. The molecule has 4 rings (SSSR count). The molecule has 1 N–H and O–H groups in total. The molecular formula is C23H24N2O3. The van der Waals surface area contributed by atoms with Crippen molar-refractivity contribution in [3.63, 3.8) is 0 Å². The van der Waals surface area contributed by atoms with Gasteiger partial charge in [-0.25, -0.2) is 0 Å². The van der Waals surface area contributed by atoms with E-state index < -0.39 is 0 Å². The number of amides is 1. The van der Waals surface area contributed by atoms with E-state index in [1.807, 2.05) is 11.0 Å². The van der Waals surface area contributed by atoms with Crippen molar-refractivity contribution in [1.82, 2.24) is 9.88 Å². The number of hydrogen-bond donors (Lipinski definition) is 1. The molecule has 0 saturated heterocycles. The van der Waals surface area contributed by atoms with Crippen LogP contribution in [0.25, 0.3) is 16.5 Å². The van der Waals surface area contributed by atoms with Gasteiger partial charge in [-0.15, -0.1) is 0 Å². The van der Waals surface area contributed by atoms with Crippen LogP contribution in [-0.2, 0) is 0 Å². The summed E-state index contributed by atoms with van der Waals surface area (Å²) in [5.74, 6) is 1.19. The number of benzene rings is 2. The minimum absolute atomic E-state index is 0.00639. The molecule has 0 atom stereocenters. The van der Waals surface area contributed by atoms with Crippen molar-refractivity contribution in [3.05, 3.63) is 65.4 Å². The Kier molecular flexibility index (Phi) is 4.82. The zero-order chi connectivity index (χ0) is 19.7. The molecule has 2 aromatic carbocycles. The highest BCUT2D eigenvalue weighted by atomic mass is 16.5. The van der Waals surface area contributed by atoms with Crippen molar-refractivity contribution in [1.29, 1.82) is 0 Å². The van der Waals surface area contributed by atoms with Crippen LogP contribution in [0.2, 0.25) is 0 Å². The molecule has 1 aliphatic rings. The second-order valence-corrected chi connectivity index (χ2v) is 6.97. The quantitative estimate of drug-likeness (QED) is 0.733. The minimum atomic E-state index is 0.00639. The maximum absolute atomic E-state index is 12.9. The predicted octanol–water partition coefficient (Wildman–Crippen LogP) is 4.42. The molecule has 0 fully saturated rings. The van der Waals surface area contributed by atoms with E-state index >= 15 is 0 Å². The minimum Gasteiger partial charge on any atom is -0.493 e. The molecule has 1 aromatic heterocycles. The Morgan fingerprint density at radius 3 is 2.57 bits per heavy atom. The molecule has 0 unspecified atom stereocenters. The molecule has 0 saturated carbocycles. The summed E-state index contributed by atoms with van der Waals surface area (Å²) in [5.41, 5.74) is 5.50. The van der Waals surface area contributed by atoms with Gasteiger partial charge in [-0.2, -0.15) is 0 Å². The highest BCUT2D eigenvalue weighted by Crippen LogP contribution is 2.33. The number of hydrogen-bond acceptors (Lipinski definition) is 3. The molecule has 28 heavy (non-hydrogen) atoms. The number of aromatic nitrogens is 1. The zero-order valence-electron chi connectivity index (χ0n) is 16.4. The number of methoxy groups -OCH3 is 2. The van der Waals surface area contributed by atoms with Crippen LogP contribution >= 0.6 is 0 Å². The van der Waals surface area contributed by atoms with Crippen molar-refractivity contribution < 1.29 is 14.3 Å². The Balaban J connectivity index is 1.57. The molecule has 0 aliphatic carbocycles. The van der Waals surface area contributed by atoms with Gasteiger partial charge < -0.3 is 19.4 Å². The van der Waals surface area contributed by atoms with Gasteiger partial charge in [0.2, 0.25) is 0 Å². The number of carbonyl (C=O) groups excluding carboxylic acids is 1. The van der Waals surface area contributed by atoms with Crippen LogP contribution in [-0.4, -0.2) is 43.1 Å². The number of carbonyl (C=O) groups is 1. The molecule has 0 spiro atoms. The van der Waals surface area contributed by atoms with Crippen LogP contribution in [0.3, 0.4) is 0 Å². The van der Waals surface area contributed by atoms with E-state index in [1.54, 1.807) is 32.4 Å².